The van der Waals surface area contributed by atoms with Crippen molar-refractivity contribution < 1.29 is 19.1 Å². The number of hydrogen-bond donors (Lipinski definition) is 1. The number of nitriles is 1. The van der Waals surface area contributed by atoms with Gasteiger partial charge in [0.05, 0.1) is 29.7 Å². The topological polar surface area (TPSA) is 130 Å². The number of amides is 1. The molecule has 10 nitrogen and oxygen atoms in total. The number of nitrogens with zero attached hydrogens (tertiary/aromatic N) is 5. The lowest BCUT2D eigenvalue weighted by molar-refractivity contribution is 0.0275. The van der Waals surface area contributed by atoms with Gasteiger partial charge in [0, 0.05) is 24.7 Å². The number of pyridine rings is 1. The molecule has 0 unspecified atom stereocenters. The molecular weight excluding hydrogens is 460 g/mol. The first-order chi connectivity index (χ1) is 17.2. The highest BCUT2D eigenvalue weighted by molar-refractivity contribution is 5.72. The van der Waals surface area contributed by atoms with Crippen LogP contribution >= 0.6 is 0 Å². The van der Waals surface area contributed by atoms with E-state index in [1.807, 2.05) is 26.8 Å². The molecule has 184 valence electrons. The molecular formula is C26H26N6O4. The monoisotopic (exact) mass is 486 g/mol. The number of rotatable bonds is 6. The van der Waals surface area contributed by atoms with Crippen LogP contribution in [0.1, 0.15) is 43.2 Å². The highest BCUT2D eigenvalue weighted by atomic mass is 16.6. The van der Waals surface area contributed by atoms with Crippen molar-refractivity contribution in [3.63, 3.8) is 0 Å². The lowest BCUT2D eigenvalue weighted by Gasteiger charge is -2.24. The largest absolute Gasteiger partial charge is 0.487 e. The third kappa shape index (κ3) is 6.13. The van der Waals surface area contributed by atoms with Gasteiger partial charge >= 0.3 is 6.09 Å². The van der Waals surface area contributed by atoms with E-state index in [1.165, 1.54) is 6.20 Å². The predicted molar refractivity (Wildman–Crippen MR) is 132 cm³/mol. The Morgan fingerprint density at radius 3 is 2.75 bits per heavy atom. The molecule has 1 aliphatic heterocycles. The standard InChI is InChI=1S/C26H26N6O4/c1-26(2,3)36-25(34)32-11-9-21(15-32)35-23-7-4-17(12-18(23)13-27)22-8-10-28-24(31-22)30-19-5-6-20(16-33)29-14-19/h4-8,10,12,14,16,21H,9,11,15H2,1-3H3,(H,28,30,31)/t21-/m1/s1. The minimum Gasteiger partial charge on any atom is -0.487 e. The van der Waals surface area contributed by atoms with Crippen LogP contribution in [0.15, 0.2) is 48.8 Å². The van der Waals surface area contributed by atoms with Crippen molar-refractivity contribution in [2.24, 2.45) is 0 Å². The van der Waals surface area contributed by atoms with Gasteiger partial charge in [0.2, 0.25) is 5.95 Å². The first kappa shape index (κ1) is 24.6. The predicted octanol–water partition coefficient (Wildman–Crippen LogP) is 4.35. The van der Waals surface area contributed by atoms with E-state index in [4.69, 9.17) is 9.47 Å². The number of aldehydes is 1. The van der Waals surface area contributed by atoms with Crippen LogP contribution in [0.5, 0.6) is 5.75 Å². The van der Waals surface area contributed by atoms with Crippen molar-refractivity contribution >= 4 is 24.0 Å². The highest BCUT2D eigenvalue weighted by Gasteiger charge is 2.31. The van der Waals surface area contributed by atoms with E-state index in [9.17, 15) is 14.9 Å². The minimum absolute atomic E-state index is 0.232. The van der Waals surface area contributed by atoms with Crippen molar-refractivity contribution in [3.8, 4) is 23.1 Å². The summed E-state index contributed by atoms with van der Waals surface area (Å²) in [5.74, 6) is 0.797. The summed E-state index contributed by atoms with van der Waals surface area (Å²) in [6.07, 6.45) is 3.85. The Kier molecular flexibility index (Phi) is 7.10. The summed E-state index contributed by atoms with van der Waals surface area (Å²) in [5, 5.41) is 12.8. The third-order valence-electron chi connectivity index (χ3n) is 5.30. The number of likely N-dealkylation sites (tertiary alicyclic amines) is 1. The van der Waals surface area contributed by atoms with Crippen molar-refractivity contribution in [2.45, 2.75) is 38.9 Å². The number of hydrogen-bond acceptors (Lipinski definition) is 9. The number of aromatic nitrogens is 3. The molecule has 1 aliphatic rings. The van der Waals surface area contributed by atoms with Crippen molar-refractivity contribution in [3.05, 3.63) is 60.0 Å². The van der Waals surface area contributed by atoms with Gasteiger partial charge in [0.15, 0.2) is 6.29 Å². The Labute approximate surface area is 208 Å². The maximum atomic E-state index is 12.3. The molecule has 3 heterocycles. The van der Waals surface area contributed by atoms with Crippen LogP contribution in [0, 0.1) is 11.3 Å². The SMILES string of the molecule is CC(C)(C)OC(=O)N1CC[C@@H](Oc2ccc(-c3ccnc(Nc4ccc(C=O)nc4)n3)cc2C#N)C1. The van der Waals surface area contributed by atoms with Gasteiger partial charge < -0.3 is 19.7 Å². The van der Waals surface area contributed by atoms with Crippen molar-refractivity contribution in [2.75, 3.05) is 18.4 Å². The molecule has 0 bridgehead atoms. The van der Waals surface area contributed by atoms with E-state index >= 15 is 0 Å². The summed E-state index contributed by atoms with van der Waals surface area (Å²) in [6, 6.07) is 12.5. The van der Waals surface area contributed by atoms with E-state index < -0.39 is 5.60 Å². The summed E-state index contributed by atoms with van der Waals surface area (Å²) in [5.41, 5.74) is 2.11. The molecule has 1 aromatic carbocycles. The Morgan fingerprint density at radius 1 is 1.22 bits per heavy atom. The Morgan fingerprint density at radius 2 is 2.06 bits per heavy atom. The van der Waals surface area contributed by atoms with E-state index in [-0.39, 0.29) is 12.2 Å². The number of nitrogens with one attached hydrogen (secondary N) is 1. The van der Waals surface area contributed by atoms with Gasteiger partial charge in [-0.25, -0.2) is 14.8 Å². The highest BCUT2D eigenvalue weighted by Crippen LogP contribution is 2.28. The molecule has 1 saturated heterocycles. The Bertz CT molecular complexity index is 1300. The fraction of sp³-hybridized carbons (Fsp3) is 0.308. The Balaban J connectivity index is 1.45. The van der Waals surface area contributed by atoms with Crippen LogP contribution in [-0.2, 0) is 4.74 Å². The maximum Gasteiger partial charge on any atom is 0.410 e. The van der Waals surface area contributed by atoms with Crippen LogP contribution in [0.4, 0.5) is 16.4 Å². The molecule has 36 heavy (non-hydrogen) atoms. The average molecular weight is 487 g/mol. The second-order valence-electron chi connectivity index (χ2n) is 9.26. The second kappa shape index (κ2) is 10.4. The lowest BCUT2D eigenvalue weighted by Crippen LogP contribution is -2.36. The lowest BCUT2D eigenvalue weighted by atomic mass is 10.1. The average Bonchev–Trinajstić information content (AvgIpc) is 3.33. The molecule has 1 amide bonds. The van der Waals surface area contributed by atoms with E-state index in [2.05, 4.69) is 26.3 Å². The zero-order valence-corrected chi connectivity index (χ0v) is 20.3. The number of ether oxygens (including phenoxy) is 2. The molecule has 0 radical (unpaired) electrons. The zero-order chi connectivity index (χ0) is 25.7. The molecule has 0 spiro atoms. The van der Waals surface area contributed by atoms with Gasteiger partial charge in [0.1, 0.15) is 29.2 Å². The molecule has 1 N–H and O–H groups in total. The second-order valence-corrected chi connectivity index (χ2v) is 9.26. The van der Waals surface area contributed by atoms with Crippen molar-refractivity contribution in [1.29, 1.82) is 5.26 Å². The fourth-order valence-corrected chi connectivity index (χ4v) is 3.63. The zero-order valence-electron chi connectivity index (χ0n) is 20.3. The van der Waals surface area contributed by atoms with E-state index in [1.54, 1.807) is 41.4 Å². The molecule has 10 heteroatoms. The van der Waals surface area contributed by atoms with Crippen LogP contribution < -0.4 is 10.1 Å². The number of anilines is 2. The van der Waals surface area contributed by atoms with Gasteiger partial charge in [-0.15, -0.1) is 0 Å². The van der Waals surface area contributed by atoms with Gasteiger partial charge in [-0.3, -0.25) is 9.78 Å². The van der Waals surface area contributed by atoms with Crippen LogP contribution in [0.25, 0.3) is 11.3 Å². The normalized spacial score (nSPS) is 15.2. The number of carbonyl (C=O) groups is 2. The maximum absolute atomic E-state index is 12.3. The van der Waals surface area contributed by atoms with Gasteiger partial charge in [-0.2, -0.15) is 5.26 Å². The molecule has 3 aromatic rings. The van der Waals surface area contributed by atoms with Crippen molar-refractivity contribution in [1.82, 2.24) is 19.9 Å². The van der Waals surface area contributed by atoms with Crippen LogP contribution in [-0.4, -0.2) is 57.0 Å². The molecule has 2 aromatic heterocycles. The number of benzene rings is 1. The summed E-state index contributed by atoms with van der Waals surface area (Å²) < 4.78 is 11.5. The van der Waals surface area contributed by atoms with E-state index in [0.29, 0.717) is 60.1 Å². The quantitative estimate of drug-likeness (QED) is 0.505. The summed E-state index contributed by atoms with van der Waals surface area (Å²) in [6.45, 7) is 6.41. The first-order valence-corrected chi connectivity index (χ1v) is 11.4. The van der Waals surface area contributed by atoms with E-state index in [0.717, 1.165) is 5.56 Å². The summed E-state index contributed by atoms with van der Waals surface area (Å²) in [7, 11) is 0. The van der Waals surface area contributed by atoms with Gasteiger partial charge in [0.25, 0.3) is 0 Å². The molecule has 1 fully saturated rings. The fourth-order valence-electron chi connectivity index (χ4n) is 3.63. The molecule has 1 atom stereocenters. The van der Waals surface area contributed by atoms with Gasteiger partial charge in [-0.1, -0.05) is 0 Å². The Hall–Kier alpha value is -4.52. The summed E-state index contributed by atoms with van der Waals surface area (Å²) in [4.78, 5) is 37.5. The molecule has 0 aliphatic carbocycles. The van der Waals surface area contributed by atoms with Crippen LogP contribution in [0.3, 0.4) is 0 Å². The third-order valence-corrected chi connectivity index (χ3v) is 5.30. The first-order valence-electron chi connectivity index (χ1n) is 11.4. The molecule has 4 rings (SSSR count). The molecule has 0 saturated carbocycles. The summed E-state index contributed by atoms with van der Waals surface area (Å²) >= 11 is 0. The van der Waals surface area contributed by atoms with Crippen LogP contribution in [0.2, 0.25) is 0 Å². The minimum atomic E-state index is -0.561. The van der Waals surface area contributed by atoms with Gasteiger partial charge in [-0.05, 0) is 57.2 Å². The number of carbonyl (C=O) groups excluding carboxylic acids is 2. The smallest absolute Gasteiger partial charge is 0.410 e.